The Labute approximate surface area is 217 Å². The fraction of sp³-hybridized carbons (Fsp3) is 0.423. The zero-order valence-corrected chi connectivity index (χ0v) is 20.8. The van der Waals surface area contributed by atoms with Crippen molar-refractivity contribution >= 4 is 34.9 Å². The molecule has 6 rings (SSSR count). The molecule has 1 spiro atoms. The minimum atomic E-state index is -0.698. The maximum atomic E-state index is 15.1. The van der Waals surface area contributed by atoms with Crippen LogP contribution in [0.5, 0.6) is 5.75 Å². The second kappa shape index (κ2) is 8.88. The van der Waals surface area contributed by atoms with E-state index in [4.69, 9.17) is 21.3 Å². The van der Waals surface area contributed by atoms with Crippen molar-refractivity contribution in [3.05, 3.63) is 52.2 Å². The molecular formula is C26H25ClFN5O4. The molecule has 3 fully saturated rings. The third kappa shape index (κ3) is 3.81. The quantitative estimate of drug-likeness (QED) is 0.439. The number of benzene rings is 1. The Morgan fingerprint density at radius 3 is 2.84 bits per heavy atom. The fourth-order valence-electron chi connectivity index (χ4n) is 5.79. The van der Waals surface area contributed by atoms with E-state index in [1.54, 1.807) is 9.80 Å². The van der Waals surface area contributed by atoms with Gasteiger partial charge in [-0.3, -0.25) is 19.4 Å². The predicted octanol–water partition coefficient (Wildman–Crippen LogP) is 4.19. The summed E-state index contributed by atoms with van der Waals surface area (Å²) in [7, 11) is 0. The van der Waals surface area contributed by atoms with E-state index in [1.807, 2.05) is 0 Å². The molecule has 0 bridgehead atoms. The maximum absolute atomic E-state index is 15.1. The van der Waals surface area contributed by atoms with Gasteiger partial charge in [0.1, 0.15) is 40.4 Å². The van der Waals surface area contributed by atoms with E-state index in [-0.39, 0.29) is 52.0 Å². The maximum Gasteiger partial charge on any atom is 0.246 e. The van der Waals surface area contributed by atoms with Crippen molar-refractivity contribution in [1.82, 2.24) is 14.8 Å². The zero-order valence-electron chi connectivity index (χ0n) is 20.1. The molecule has 4 aliphatic rings. The van der Waals surface area contributed by atoms with Gasteiger partial charge < -0.3 is 9.64 Å². The van der Waals surface area contributed by atoms with Crippen molar-refractivity contribution in [1.29, 1.82) is 0 Å². The van der Waals surface area contributed by atoms with Crippen LogP contribution in [0.3, 0.4) is 0 Å². The summed E-state index contributed by atoms with van der Waals surface area (Å²) in [5, 5.41) is 3.05. The molecule has 11 heteroatoms. The number of aromatic nitrogens is 1. The number of halogens is 2. The van der Waals surface area contributed by atoms with Crippen molar-refractivity contribution in [2.75, 3.05) is 31.1 Å². The van der Waals surface area contributed by atoms with Gasteiger partial charge >= 0.3 is 0 Å². The van der Waals surface area contributed by atoms with Gasteiger partial charge in [0.05, 0.1) is 17.2 Å². The summed E-state index contributed by atoms with van der Waals surface area (Å²) in [6.45, 7) is 5.78. The number of rotatable bonds is 4. The summed E-state index contributed by atoms with van der Waals surface area (Å²) >= 11 is 6.84. The molecule has 2 saturated heterocycles. The first-order valence-electron chi connectivity index (χ1n) is 12.3. The summed E-state index contributed by atoms with van der Waals surface area (Å²) in [5.41, 5.74) is 0.0976. The Morgan fingerprint density at radius 2 is 2.11 bits per heavy atom. The monoisotopic (exact) mass is 525 g/mol. The summed E-state index contributed by atoms with van der Waals surface area (Å²) in [6.07, 6.45) is 4.15. The van der Waals surface area contributed by atoms with Gasteiger partial charge in [0.15, 0.2) is 0 Å². The number of hydrogen-bond donors (Lipinski definition) is 0. The van der Waals surface area contributed by atoms with Gasteiger partial charge in [0, 0.05) is 38.1 Å². The number of anilines is 1. The van der Waals surface area contributed by atoms with Crippen LogP contribution in [0.15, 0.2) is 36.0 Å². The predicted molar refractivity (Wildman–Crippen MR) is 135 cm³/mol. The SMILES string of the molecule is C=CC(=O)N1CCN2Cc3c(N4C(=O)CCC45CC5)nc(-c4c(F)cccc4N=O)c(Cl)c3OC[C@H]2C1. The largest absolute Gasteiger partial charge is 0.490 e. The lowest BCUT2D eigenvalue weighted by Crippen LogP contribution is -2.55. The molecule has 9 nitrogen and oxygen atoms in total. The molecule has 0 radical (unpaired) electrons. The third-order valence-electron chi connectivity index (χ3n) is 7.93. The number of nitrogens with zero attached hydrogens (tertiary/aromatic N) is 5. The molecule has 1 aromatic carbocycles. The number of hydrogen-bond acceptors (Lipinski definition) is 7. The van der Waals surface area contributed by atoms with Gasteiger partial charge in [-0.25, -0.2) is 9.37 Å². The summed E-state index contributed by atoms with van der Waals surface area (Å²) in [6, 6.07) is 3.87. The molecule has 0 unspecified atom stereocenters. The second-order valence-corrected chi connectivity index (χ2v) is 10.4. The van der Waals surface area contributed by atoms with E-state index in [0.717, 1.165) is 19.3 Å². The highest BCUT2D eigenvalue weighted by atomic mass is 35.5. The molecule has 0 N–H and O–H groups in total. The second-order valence-electron chi connectivity index (χ2n) is 10.0. The van der Waals surface area contributed by atoms with E-state index in [1.165, 1.54) is 24.3 Å². The minimum absolute atomic E-state index is 0.0157. The van der Waals surface area contributed by atoms with Crippen LogP contribution in [-0.4, -0.2) is 64.4 Å². The highest BCUT2D eigenvalue weighted by Gasteiger charge is 2.56. The molecule has 37 heavy (non-hydrogen) atoms. The van der Waals surface area contributed by atoms with Crippen LogP contribution in [0.4, 0.5) is 15.9 Å². The third-order valence-corrected chi connectivity index (χ3v) is 8.29. The fourth-order valence-corrected chi connectivity index (χ4v) is 6.10. The van der Waals surface area contributed by atoms with Gasteiger partial charge in [0.2, 0.25) is 11.8 Å². The lowest BCUT2D eigenvalue weighted by molar-refractivity contribution is -0.129. The number of ether oxygens (including phenoxy) is 1. The molecule has 1 saturated carbocycles. The van der Waals surface area contributed by atoms with Crippen molar-refractivity contribution in [2.45, 2.75) is 43.8 Å². The number of pyridine rings is 1. The van der Waals surface area contributed by atoms with Gasteiger partial charge in [0.25, 0.3) is 0 Å². The van der Waals surface area contributed by atoms with Crippen LogP contribution in [0, 0.1) is 10.7 Å². The normalized spacial score (nSPS) is 22.2. The molecule has 4 heterocycles. The Balaban J connectivity index is 1.51. The van der Waals surface area contributed by atoms with Crippen molar-refractivity contribution in [3.63, 3.8) is 0 Å². The van der Waals surface area contributed by atoms with Gasteiger partial charge in [-0.2, -0.15) is 0 Å². The molecule has 2 amide bonds. The summed E-state index contributed by atoms with van der Waals surface area (Å²) in [5.74, 6) is -0.190. The minimum Gasteiger partial charge on any atom is -0.490 e. The Morgan fingerprint density at radius 1 is 1.30 bits per heavy atom. The van der Waals surface area contributed by atoms with Gasteiger partial charge in [-0.05, 0) is 42.6 Å². The molecule has 1 aliphatic carbocycles. The standard InChI is InChI=1S/C26H25ClFN5O4/c1-2-19(34)32-11-10-31-13-16-24(37-14-15(31)12-32)22(27)23(21-17(28)4-3-5-18(21)30-36)29-25(16)33-20(35)6-7-26(33)8-9-26/h2-5,15H,1,6-14H2/t15-/m1/s1. The number of carbonyl (C=O) groups excluding carboxylic acids is 2. The summed E-state index contributed by atoms with van der Waals surface area (Å²) in [4.78, 5) is 47.4. The van der Waals surface area contributed by atoms with Crippen molar-refractivity contribution in [2.24, 2.45) is 5.18 Å². The van der Waals surface area contributed by atoms with Gasteiger partial charge in [-0.15, -0.1) is 4.91 Å². The number of fused-ring (bicyclic) bond motifs is 2. The number of carbonyl (C=O) groups is 2. The van der Waals surface area contributed by atoms with Crippen LogP contribution < -0.4 is 9.64 Å². The number of piperazine rings is 1. The van der Waals surface area contributed by atoms with E-state index < -0.39 is 5.82 Å². The van der Waals surface area contributed by atoms with E-state index >= 15 is 4.39 Å². The first-order valence-corrected chi connectivity index (χ1v) is 12.7. The molecule has 1 aromatic heterocycles. The van der Waals surface area contributed by atoms with Crippen LogP contribution >= 0.6 is 11.6 Å². The molecule has 3 aliphatic heterocycles. The first kappa shape index (κ1) is 24.0. The Bertz CT molecular complexity index is 1350. The average Bonchev–Trinajstić information content (AvgIpc) is 3.65. The van der Waals surface area contributed by atoms with E-state index in [9.17, 15) is 14.5 Å². The highest BCUT2D eigenvalue weighted by molar-refractivity contribution is 6.35. The highest BCUT2D eigenvalue weighted by Crippen LogP contribution is 2.55. The smallest absolute Gasteiger partial charge is 0.246 e. The summed E-state index contributed by atoms with van der Waals surface area (Å²) < 4.78 is 21.3. The lowest BCUT2D eigenvalue weighted by Gasteiger charge is -2.39. The molecule has 192 valence electrons. The van der Waals surface area contributed by atoms with Crippen molar-refractivity contribution in [3.8, 4) is 17.0 Å². The Hall–Kier alpha value is -3.37. The lowest BCUT2D eigenvalue weighted by atomic mass is 10.0. The number of amides is 2. The van der Waals surface area contributed by atoms with E-state index in [2.05, 4.69) is 16.7 Å². The Kier molecular flexibility index (Phi) is 5.76. The van der Waals surface area contributed by atoms with Crippen molar-refractivity contribution < 1.29 is 18.7 Å². The zero-order chi connectivity index (χ0) is 25.9. The van der Waals surface area contributed by atoms with E-state index in [0.29, 0.717) is 49.7 Å². The average molecular weight is 526 g/mol. The first-order chi connectivity index (χ1) is 17.9. The molecule has 2 aromatic rings. The topological polar surface area (TPSA) is 95.4 Å². The van der Waals surface area contributed by atoms with Crippen LogP contribution in [0.1, 0.15) is 31.2 Å². The molecular weight excluding hydrogens is 501 g/mol. The molecule has 1 atom stereocenters. The van der Waals surface area contributed by atoms with Crippen LogP contribution in [0.25, 0.3) is 11.3 Å². The van der Waals surface area contributed by atoms with Crippen LogP contribution in [0.2, 0.25) is 5.02 Å². The van der Waals surface area contributed by atoms with Crippen LogP contribution in [-0.2, 0) is 16.1 Å². The number of nitroso groups, excluding NO2 is 1. The van der Waals surface area contributed by atoms with Gasteiger partial charge in [-0.1, -0.05) is 24.2 Å².